The molecule has 1 fully saturated rings. The van der Waals surface area contributed by atoms with Crippen molar-refractivity contribution in [3.63, 3.8) is 0 Å². The first-order valence-electron chi connectivity index (χ1n) is 9.55. The van der Waals surface area contributed by atoms with Gasteiger partial charge in [-0.15, -0.1) is 11.3 Å². The van der Waals surface area contributed by atoms with Crippen LogP contribution in [0.4, 0.5) is 10.8 Å². The predicted molar refractivity (Wildman–Crippen MR) is 122 cm³/mol. The number of aromatic nitrogens is 1. The third-order valence-corrected chi connectivity index (χ3v) is 7.13. The number of hydrogen-bond donors (Lipinski definition) is 2. The van der Waals surface area contributed by atoms with Gasteiger partial charge >= 0.3 is 0 Å². The Morgan fingerprint density at radius 1 is 1.23 bits per heavy atom. The standard InChI is InChI=1S/C21H22N4O3S2.2H2/c1-15-3-2-4-16(13-15)14-23-19-9-11-25(20(19)26)17-5-7-18(8-6-17)30(27,28)24-21-22-10-12-29-21;;/h2-8,10,12-13,19,23H,9,11,14H2,1H3,(H,22,24);2*1H/t19-;;/m0../s1. The lowest BCUT2D eigenvalue weighted by Gasteiger charge is -2.18. The molecule has 30 heavy (non-hydrogen) atoms. The second-order valence-electron chi connectivity index (χ2n) is 7.14. The van der Waals surface area contributed by atoms with Crippen molar-refractivity contribution in [3.8, 4) is 0 Å². The molecule has 0 aliphatic carbocycles. The Morgan fingerprint density at radius 3 is 2.73 bits per heavy atom. The smallest absolute Gasteiger partial charge is 0.263 e. The minimum Gasteiger partial charge on any atom is -0.311 e. The Kier molecular flexibility index (Phi) is 5.85. The number of sulfonamides is 1. The fraction of sp³-hybridized carbons (Fsp3) is 0.238. The van der Waals surface area contributed by atoms with Crippen molar-refractivity contribution >= 4 is 38.1 Å². The lowest BCUT2D eigenvalue weighted by atomic mass is 10.1. The van der Waals surface area contributed by atoms with Crippen LogP contribution in [0, 0.1) is 6.92 Å². The van der Waals surface area contributed by atoms with Gasteiger partial charge in [0.05, 0.1) is 10.9 Å². The molecule has 160 valence electrons. The summed E-state index contributed by atoms with van der Waals surface area (Å²) in [7, 11) is -3.71. The first-order valence-corrected chi connectivity index (χ1v) is 11.9. The van der Waals surface area contributed by atoms with Crippen LogP contribution in [0.1, 0.15) is 20.4 Å². The molecule has 1 saturated heterocycles. The monoisotopic (exact) mass is 446 g/mol. The second-order valence-corrected chi connectivity index (χ2v) is 9.71. The van der Waals surface area contributed by atoms with Crippen LogP contribution in [-0.2, 0) is 21.4 Å². The highest BCUT2D eigenvalue weighted by molar-refractivity contribution is 7.93. The molecule has 0 bridgehead atoms. The van der Waals surface area contributed by atoms with Gasteiger partial charge < -0.3 is 10.2 Å². The Morgan fingerprint density at radius 2 is 2.03 bits per heavy atom. The van der Waals surface area contributed by atoms with Crippen LogP contribution in [-0.4, -0.2) is 31.9 Å². The molecular weight excluding hydrogens is 420 g/mol. The molecule has 2 aromatic carbocycles. The van der Waals surface area contributed by atoms with E-state index in [4.69, 9.17) is 0 Å². The molecule has 0 spiro atoms. The van der Waals surface area contributed by atoms with Crippen molar-refractivity contribution in [1.29, 1.82) is 0 Å². The zero-order valence-electron chi connectivity index (χ0n) is 16.4. The van der Waals surface area contributed by atoms with Crippen LogP contribution in [0.25, 0.3) is 0 Å². The van der Waals surface area contributed by atoms with E-state index in [1.165, 1.54) is 35.2 Å². The molecule has 2 heterocycles. The molecule has 2 N–H and O–H groups in total. The van der Waals surface area contributed by atoms with Gasteiger partial charge in [-0.25, -0.2) is 13.4 Å². The Labute approximate surface area is 182 Å². The average molecular weight is 447 g/mol. The number of aryl methyl sites for hydroxylation is 1. The summed E-state index contributed by atoms with van der Waals surface area (Å²) < 4.78 is 27.4. The number of nitrogens with one attached hydrogen (secondary N) is 2. The minimum absolute atomic E-state index is 0. The van der Waals surface area contributed by atoms with E-state index in [-0.39, 0.29) is 19.7 Å². The summed E-state index contributed by atoms with van der Waals surface area (Å²) in [5.41, 5.74) is 3.02. The van der Waals surface area contributed by atoms with Crippen molar-refractivity contribution in [2.75, 3.05) is 16.2 Å². The molecule has 1 amide bonds. The number of nitrogens with zero attached hydrogens (tertiary/aromatic N) is 2. The molecule has 3 aromatic rings. The first kappa shape index (κ1) is 20.5. The SMILES string of the molecule is Cc1cccc(CN[C@H]2CCN(c3ccc(S(=O)(=O)Nc4nccs4)cc3)C2=O)c1.[HH].[HH]. The van der Waals surface area contributed by atoms with E-state index in [0.29, 0.717) is 30.3 Å². The van der Waals surface area contributed by atoms with Crippen LogP contribution in [0.3, 0.4) is 0 Å². The van der Waals surface area contributed by atoms with Gasteiger partial charge in [-0.3, -0.25) is 9.52 Å². The summed E-state index contributed by atoms with van der Waals surface area (Å²) in [4.78, 5) is 18.6. The molecular formula is C21H26N4O3S2. The topological polar surface area (TPSA) is 91.4 Å². The van der Waals surface area contributed by atoms with Crippen LogP contribution in [0.5, 0.6) is 0 Å². The maximum absolute atomic E-state index is 12.8. The third-order valence-electron chi connectivity index (χ3n) is 4.95. The molecule has 0 saturated carbocycles. The highest BCUT2D eigenvalue weighted by Crippen LogP contribution is 2.25. The number of carbonyl (C=O) groups is 1. The van der Waals surface area contributed by atoms with E-state index >= 15 is 0 Å². The maximum Gasteiger partial charge on any atom is 0.263 e. The molecule has 1 atom stereocenters. The van der Waals surface area contributed by atoms with Gasteiger partial charge in [-0.1, -0.05) is 29.8 Å². The second kappa shape index (κ2) is 8.55. The van der Waals surface area contributed by atoms with E-state index in [2.05, 4.69) is 21.1 Å². The van der Waals surface area contributed by atoms with Gasteiger partial charge in [0.2, 0.25) is 5.91 Å². The minimum atomic E-state index is -3.71. The lowest BCUT2D eigenvalue weighted by molar-refractivity contribution is -0.118. The average Bonchev–Trinajstić information content (AvgIpc) is 3.36. The van der Waals surface area contributed by atoms with Crippen LogP contribution < -0.4 is 14.9 Å². The zero-order chi connectivity index (χ0) is 21.1. The number of amides is 1. The molecule has 1 aliphatic heterocycles. The summed E-state index contributed by atoms with van der Waals surface area (Å²) in [5, 5.41) is 5.35. The first-order chi connectivity index (χ1) is 14.4. The highest BCUT2D eigenvalue weighted by atomic mass is 32.2. The number of anilines is 2. The quantitative estimate of drug-likeness (QED) is 0.578. The number of thiazole rings is 1. The Balaban J connectivity index is 0.00000181. The van der Waals surface area contributed by atoms with Crippen molar-refractivity contribution in [2.45, 2.75) is 30.8 Å². The van der Waals surface area contributed by atoms with Crippen molar-refractivity contribution in [2.24, 2.45) is 0 Å². The molecule has 4 rings (SSSR count). The molecule has 9 heteroatoms. The van der Waals surface area contributed by atoms with E-state index in [9.17, 15) is 13.2 Å². The van der Waals surface area contributed by atoms with Crippen LogP contribution in [0.2, 0.25) is 0 Å². The van der Waals surface area contributed by atoms with Gasteiger partial charge in [0, 0.05) is 33.2 Å². The number of benzene rings is 2. The van der Waals surface area contributed by atoms with Crippen LogP contribution >= 0.6 is 11.3 Å². The van der Waals surface area contributed by atoms with Gasteiger partial charge in [-0.05, 0) is 43.2 Å². The van der Waals surface area contributed by atoms with E-state index in [0.717, 1.165) is 5.56 Å². The van der Waals surface area contributed by atoms with Crippen molar-refractivity contribution in [1.82, 2.24) is 10.3 Å². The van der Waals surface area contributed by atoms with E-state index in [1.54, 1.807) is 22.4 Å². The summed E-state index contributed by atoms with van der Waals surface area (Å²) >= 11 is 1.21. The van der Waals surface area contributed by atoms with Gasteiger partial charge in [0.1, 0.15) is 0 Å². The fourth-order valence-corrected chi connectivity index (χ4v) is 5.23. The van der Waals surface area contributed by atoms with E-state index < -0.39 is 10.0 Å². The lowest BCUT2D eigenvalue weighted by Crippen LogP contribution is -2.38. The normalized spacial score (nSPS) is 16.8. The number of hydrogen-bond acceptors (Lipinski definition) is 6. The predicted octanol–water partition coefficient (Wildman–Crippen LogP) is 3.64. The molecule has 0 radical (unpaired) electrons. The maximum atomic E-state index is 12.8. The highest BCUT2D eigenvalue weighted by Gasteiger charge is 2.32. The summed E-state index contributed by atoms with van der Waals surface area (Å²) in [6.07, 6.45) is 2.24. The van der Waals surface area contributed by atoms with Crippen molar-refractivity contribution < 1.29 is 16.1 Å². The molecule has 0 unspecified atom stereocenters. The largest absolute Gasteiger partial charge is 0.311 e. The number of rotatable bonds is 7. The Hall–Kier alpha value is -2.75. The Bertz CT molecular complexity index is 1140. The van der Waals surface area contributed by atoms with Gasteiger partial charge in [-0.2, -0.15) is 0 Å². The summed E-state index contributed by atoms with van der Waals surface area (Å²) in [6.45, 7) is 3.27. The van der Waals surface area contributed by atoms with Crippen LogP contribution in [0.15, 0.2) is 65.0 Å². The van der Waals surface area contributed by atoms with Crippen molar-refractivity contribution in [3.05, 3.63) is 71.2 Å². The summed E-state index contributed by atoms with van der Waals surface area (Å²) in [6, 6.07) is 14.3. The van der Waals surface area contributed by atoms with Gasteiger partial charge in [0.25, 0.3) is 10.0 Å². The zero-order valence-corrected chi connectivity index (χ0v) is 18.0. The number of carbonyl (C=O) groups excluding carboxylic acids is 1. The third kappa shape index (κ3) is 4.53. The molecule has 7 nitrogen and oxygen atoms in total. The molecule has 1 aliphatic rings. The van der Waals surface area contributed by atoms with Gasteiger partial charge in [0.15, 0.2) is 5.13 Å². The molecule has 1 aromatic heterocycles. The fourth-order valence-electron chi connectivity index (χ4n) is 3.44. The summed E-state index contributed by atoms with van der Waals surface area (Å²) in [5.74, 6) is -0.000768. The van der Waals surface area contributed by atoms with E-state index in [1.807, 2.05) is 25.1 Å².